The van der Waals surface area contributed by atoms with Gasteiger partial charge in [0.05, 0.1) is 17.1 Å². The lowest BCUT2D eigenvalue weighted by Gasteiger charge is -2.02. The molecule has 0 aliphatic heterocycles. The van der Waals surface area contributed by atoms with Crippen molar-refractivity contribution < 1.29 is 4.79 Å². The highest BCUT2D eigenvalue weighted by Crippen LogP contribution is 2.36. The quantitative estimate of drug-likeness (QED) is 0.663. The van der Waals surface area contributed by atoms with E-state index in [4.69, 9.17) is 11.5 Å². The fraction of sp³-hybridized carbons (Fsp3) is 0.250. The molecule has 104 valence electrons. The first-order valence-electron chi connectivity index (χ1n) is 6.64. The van der Waals surface area contributed by atoms with Gasteiger partial charge in [0.1, 0.15) is 0 Å². The molecule has 1 atom stereocenters. The standard InChI is InChI=1S/C9H8N2.C7H11NO/c10-8-5-1-3-7-4-2-6-11-9(7)8;1-2-6(7(8)9)5-3-4-5/h1-6H,10H2;2,5-6H,1,3-4H2,(H2,8,9). The number of benzene rings is 1. The number of nitrogen functional groups attached to an aromatic ring is 1. The molecule has 1 heterocycles. The Hall–Kier alpha value is -2.36. The summed E-state index contributed by atoms with van der Waals surface area (Å²) >= 11 is 0. The Labute approximate surface area is 118 Å². The van der Waals surface area contributed by atoms with Gasteiger partial charge >= 0.3 is 0 Å². The second kappa shape index (κ2) is 6.19. The smallest absolute Gasteiger partial charge is 0.224 e. The first kappa shape index (κ1) is 14.1. The Bertz CT molecular complexity index is 615. The molecule has 4 N–H and O–H groups in total. The summed E-state index contributed by atoms with van der Waals surface area (Å²) in [5.74, 6) is 0.220. The predicted octanol–water partition coefficient (Wildman–Crippen LogP) is 2.50. The van der Waals surface area contributed by atoms with Crippen molar-refractivity contribution in [3.8, 4) is 0 Å². The fourth-order valence-corrected chi connectivity index (χ4v) is 2.12. The zero-order valence-electron chi connectivity index (χ0n) is 11.3. The molecule has 1 aliphatic carbocycles. The van der Waals surface area contributed by atoms with Crippen LogP contribution in [0.5, 0.6) is 0 Å². The van der Waals surface area contributed by atoms with Crippen LogP contribution in [0.4, 0.5) is 5.69 Å². The molecule has 0 radical (unpaired) electrons. The Morgan fingerprint density at radius 1 is 1.35 bits per heavy atom. The number of amides is 1. The summed E-state index contributed by atoms with van der Waals surface area (Å²) in [4.78, 5) is 14.7. The predicted molar refractivity (Wildman–Crippen MR) is 81.8 cm³/mol. The molecular weight excluding hydrogens is 250 g/mol. The minimum Gasteiger partial charge on any atom is -0.397 e. The number of fused-ring (bicyclic) bond motifs is 1. The number of hydrogen-bond acceptors (Lipinski definition) is 3. The lowest BCUT2D eigenvalue weighted by molar-refractivity contribution is -0.120. The van der Waals surface area contributed by atoms with Crippen LogP contribution in [0, 0.1) is 11.8 Å². The fourth-order valence-electron chi connectivity index (χ4n) is 2.12. The summed E-state index contributed by atoms with van der Waals surface area (Å²) in [6, 6.07) is 9.69. The number of hydrogen-bond donors (Lipinski definition) is 2. The van der Waals surface area contributed by atoms with Crippen molar-refractivity contribution in [2.45, 2.75) is 12.8 Å². The number of pyridine rings is 1. The maximum absolute atomic E-state index is 10.6. The maximum atomic E-state index is 10.6. The van der Waals surface area contributed by atoms with Crippen LogP contribution in [-0.2, 0) is 4.79 Å². The molecule has 3 rings (SSSR count). The molecule has 1 aromatic heterocycles. The molecule has 1 amide bonds. The van der Waals surface area contributed by atoms with Gasteiger partial charge in [0.2, 0.25) is 5.91 Å². The lowest BCUT2D eigenvalue weighted by atomic mass is 10.0. The Morgan fingerprint density at radius 2 is 2.05 bits per heavy atom. The normalized spacial score (nSPS) is 15.0. The van der Waals surface area contributed by atoms with Crippen molar-refractivity contribution in [3.63, 3.8) is 0 Å². The van der Waals surface area contributed by atoms with Crippen LogP contribution < -0.4 is 11.5 Å². The number of anilines is 1. The van der Waals surface area contributed by atoms with E-state index in [9.17, 15) is 4.79 Å². The molecule has 4 heteroatoms. The molecule has 20 heavy (non-hydrogen) atoms. The number of carbonyl (C=O) groups excluding carboxylic acids is 1. The van der Waals surface area contributed by atoms with Gasteiger partial charge in [-0.2, -0.15) is 0 Å². The van der Waals surface area contributed by atoms with Crippen LogP contribution in [0.15, 0.2) is 49.2 Å². The van der Waals surface area contributed by atoms with E-state index < -0.39 is 0 Å². The SMILES string of the molecule is C=CC(C(N)=O)C1CC1.Nc1cccc2cccnc12. The van der Waals surface area contributed by atoms with Crippen molar-refractivity contribution in [2.75, 3.05) is 5.73 Å². The molecule has 0 saturated heterocycles. The van der Waals surface area contributed by atoms with E-state index in [2.05, 4.69) is 11.6 Å². The molecule has 4 nitrogen and oxygen atoms in total. The number of primary amides is 1. The second-order valence-corrected chi connectivity index (χ2v) is 4.92. The molecule has 1 fully saturated rings. The van der Waals surface area contributed by atoms with Gasteiger partial charge in [-0.3, -0.25) is 9.78 Å². The first-order valence-corrected chi connectivity index (χ1v) is 6.64. The molecule has 0 bridgehead atoms. The van der Waals surface area contributed by atoms with Crippen LogP contribution >= 0.6 is 0 Å². The Morgan fingerprint density at radius 3 is 2.55 bits per heavy atom. The third-order valence-corrected chi connectivity index (χ3v) is 3.38. The number of para-hydroxylation sites is 1. The van der Waals surface area contributed by atoms with Crippen LogP contribution in [0.1, 0.15) is 12.8 Å². The van der Waals surface area contributed by atoms with Gasteiger partial charge in [-0.25, -0.2) is 0 Å². The van der Waals surface area contributed by atoms with Crippen LogP contribution in [0.3, 0.4) is 0 Å². The zero-order valence-corrected chi connectivity index (χ0v) is 11.3. The van der Waals surface area contributed by atoms with Crippen molar-refractivity contribution >= 4 is 22.5 Å². The molecule has 1 aromatic carbocycles. The largest absolute Gasteiger partial charge is 0.397 e. The Kier molecular flexibility index (Phi) is 4.35. The lowest BCUT2D eigenvalue weighted by Crippen LogP contribution is -2.22. The third kappa shape index (κ3) is 3.35. The van der Waals surface area contributed by atoms with E-state index in [1.807, 2.05) is 30.3 Å². The van der Waals surface area contributed by atoms with Gasteiger partial charge in [-0.05, 0) is 30.9 Å². The summed E-state index contributed by atoms with van der Waals surface area (Å²) < 4.78 is 0. The summed E-state index contributed by atoms with van der Waals surface area (Å²) in [6.07, 6.45) is 5.68. The van der Waals surface area contributed by atoms with E-state index in [-0.39, 0.29) is 11.8 Å². The molecular formula is C16H19N3O. The summed E-state index contributed by atoms with van der Waals surface area (Å²) in [5.41, 5.74) is 12.4. The van der Waals surface area contributed by atoms with Crippen molar-refractivity contribution in [3.05, 3.63) is 49.2 Å². The van der Waals surface area contributed by atoms with Gasteiger partial charge in [0.25, 0.3) is 0 Å². The maximum Gasteiger partial charge on any atom is 0.224 e. The average Bonchev–Trinajstić information content (AvgIpc) is 3.25. The van der Waals surface area contributed by atoms with Gasteiger partial charge in [-0.15, -0.1) is 6.58 Å². The van der Waals surface area contributed by atoms with Gasteiger partial charge in [0, 0.05) is 11.6 Å². The molecule has 1 unspecified atom stereocenters. The minimum atomic E-state index is -0.229. The third-order valence-electron chi connectivity index (χ3n) is 3.38. The number of aromatic nitrogens is 1. The van der Waals surface area contributed by atoms with Gasteiger partial charge < -0.3 is 11.5 Å². The van der Waals surface area contributed by atoms with Crippen molar-refractivity contribution in [1.29, 1.82) is 0 Å². The van der Waals surface area contributed by atoms with E-state index in [0.29, 0.717) is 5.92 Å². The number of rotatable bonds is 3. The topological polar surface area (TPSA) is 82.0 Å². The number of nitrogens with zero attached hydrogens (tertiary/aromatic N) is 1. The van der Waals surface area contributed by atoms with Crippen molar-refractivity contribution in [1.82, 2.24) is 4.98 Å². The van der Waals surface area contributed by atoms with E-state index in [1.165, 1.54) is 0 Å². The first-order chi connectivity index (χ1) is 9.63. The monoisotopic (exact) mass is 269 g/mol. The molecule has 1 aliphatic rings. The average molecular weight is 269 g/mol. The molecule has 2 aromatic rings. The highest BCUT2D eigenvalue weighted by atomic mass is 16.1. The summed E-state index contributed by atoms with van der Waals surface area (Å²) in [7, 11) is 0. The summed E-state index contributed by atoms with van der Waals surface area (Å²) in [5, 5.41) is 1.09. The van der Waals surface area contributed by atoms with E-state index in [1.54, 1.807) is 12.3 Å². The van der Waals surface area contributed by atoms with Crippen LogP contribution in [0.2, 0.25) is 0 Å². The highest BCUT2D eigenvalue weighted by molar-refractivity contribution is 5.88. The van der Waals surface area contributed by atoms with Gasteiger partial charge in [-0.1, -0.05) is 24.3 Å². The zero-order chi connectivity index (χ0) is 14.5. The van der Waals surface area contributed by atoms with Gasteiger partial charge in [0.15, 0.2) is 0 Å². The molecule has 0 spiro atoms. The van der Waals surface area contributed by atoms with Crippen molar-refractivity contribution in [2.24, 2.45) is 17.6 Å². The highest BCUT2D eigenvalue weighted by Gasteiger charge is 2.32. The summed E-state index contributed by atoms with van der Waals surface area (Å²) in [6.45, 7) is 3.54. The van der Waals surface area contributed by atoms with Crippen LogP contribution in [0.25, 0.3) is 10.9 Å². The Balaban J connectivity index is 0.000000151. The van der Waals surface area contributed by atoms with Crippen LogP contribution in [-0.4, -0.2) is 10.9 Å². The minimum absolute atomic E-state index is 0.0648. The van der Waals surface area contributed by atoms with E-state index >= 15 is 0 Å². The number of nitrogens with two attached hydrogens (primary N) is 2. The second-order valence-electron chi connectivity index (χ2n) is 4.92. The molecule has 1 saturated carbocycles. The number of carbonyl (C=O) groups is 1. The van der Waals surface area contributed by atoms with E-state index in [0.717, 1.165) is 29.4 Å².